The van der Waals surface area contributed by atoms with Crippen LogP contribution >= 0.6 is 11.3 Å². The Morgan fingerprint density at radius 2 is 1.60 bits per heavy atom. The van der Waals surface area contributed by atoms with Crippen LogP contribution in [0.3, 0.4) is 0 Å². The fourth-order valence-electron chi connectivity index (χ4n) is 4.17. The number of piperidine rings is 1. The molecule has 0 atom stereocenters. The summed E-state index contributed by atoms with van der Waals surface area (Å²) in [4.78, 5) is 24.0. The van der Waals surface area contributed by atoms with E-state index in [4.69, 9.17) is 0 Å². The molecular formula is C21H25N7OS. The maximum absolute atomic E-state index is 13.0. The molecule has 30 heavy (non-hydrogen) atoms. The first-order valence-corrected chi connectivity index (χ1v) is 11.3. The Kier molecular flexibility index (Phi) is 5.35. The average Bonchev–Trinajstić information content (AvgIpc) is 3.52. The molecule has 0 aromatic carbocycles. The second-order valence-electron chi connectivity index (χ2n) is 7.72. The van der Waals surface area contributed by atoms with Crippen molar-refractivity contribution in [1.29, 1.82) is 0 Å². The lowest BCUT2D eigenvalue weighted by Gasteiger charge is -2.38. The molecule has 5 heterocycles. The van der Waals surface area contributed by atoms with Crippen LogP contribution in [-0.4, -0.2) is 69.8 Å². The molecule has 8 nitrogen and oxygen atoms in total. The number of piperazine rings is 1. The fourth-order valence-corrected chi connectivity index (χ4v) is 5.04. The first-order chi connectivity index (χ1) is 14.8. The van der Waals surface area contributed by atoms with Gasteiger partial charge in [0.15, 0.2) is 0 Å². The first kappa shape index (κ1) is 19.0. The summed E-state index contributed by atoms with van der Waals surface area (Å²) in [5, 5.41) is 10.5. The van der Waals surface area contributed by atoms with Crippen molar-refractivity contribution in [3.63, 3.8) is 0 Å². The van der Waals surface area contributed by atoms with Crippen molar-refractivity contribution in [1.82, 2.24) is 24.6 Å². The highest BCUT2D eigenvalue weighted by atomic mass is 32.1. The second-order valence-corrected chi connectivity index (χ2v) is 8.65. The van der Waals surface area contributed by atoms with Gasteiger partial charge in [-0.1, -0.05) is 17.4 Å². The highest BCUT2D eigenvalue weighted by Gasteiger charge is 2.31. The van der Waals surface area contributed by atoms with Crippen LogP contribution in [0.15, 0.2) is 48.9 Å². The molecule has 2 aliphatic rings. The van der Waals surface area contributed by atoms with Crippen LogP contribution in [0.2, 0.25) is 0 Å². The Labute approximate surface area is 179 Å². The second kappa shape index (κ2) is 8.43. The van der Waals surface area contributed by atoms with Gasteiger partial charge in [0.05, 0.1) is 0 Å². The van der Waals surface area contributed by atoms with Crippen molar-refractivity contribution < 1.29 is 4.79 Å². The number of hydrogen-bond acceptors (Lipinski definition) is 7. The molecule has 0 spiro atoms. The fraction of sp³-hybridized carbons (Fsp3) is 0.429. The van der Waals surface area contributed by atoms with Crippen LogP contribution < -0.4 is 9.80 Å². The quantitative estimate of drug-likeness (QED) is 0.641. The lowest BCUT2D eigenvalue weighted by Crippen LogP contribution is -2.51. The Balaban J connectivity index is 1.13. The van der Waals surface area contributed by atoms with E-state index in [9.17, 15) is 4.79 Å². The lowest BCUT2D eigenvalue weighted by atomic mass is 9.95. The van der Waals surface area contributed by atoms with E-state index in [1.807, 2.05) is 58.4 Å². The van der Waals surface area contributed by atoms with E-state index < -0.39 is 0 Å². The Bertz CT molecular complexity index is 958. The monoisotopic (exact) mass is 423 g/mol. The van der Waals surface area contributed by atoms with Gasteiger partial charge in [0.2, 0.25) is 16.2 Å². The van der Waals surface area contributed by atoms with E-state index in [0.717, 1.165) is 68.2 Å². The summed E-state index contributed by atoms with van der Waals surface area (Å²) in [6.07, 6.45) is 7.52. The van der Waals surface area contributed by atoms with E-state index in [2.05, 4.69) is 25.0 Å². The van der Waals surface area contributed by atoms with Crippen molar-refractivity contribution in [3.05, 3.63) is 48.9 Å². The van der Waals surface area contributed by atoms with Crippen molar-refractivity contribution in [2.45, 2.75) is 12.8 Å². The maximum Gasteiger partial charge on any atom is 0.225 e. The topological polar surface area (TPSA) is 70.4 Å². The van der Waals surface area contributed by atoms with Gasteiger partial charge in [0.25, 0.3) is 0 Å². The summed E-state index contributed by atoms with van der Waals surface area (Å²) in [5.41, 5.74) is 0. The van der Waals surface area contributed by atoms with E-state index in [-0.39, 0.29) is 5.92 Å². The standard InChI is InChI=1S/C21H25N7OS/c29-19(26-15-13-25(14-16-26)18-5-1-2-8-22-18)17-6-11-28(12-7-17)21-24-23-20(30-21)27-9-3-4-10-27/h1-5,8-10,17H,6-7,11-16H2. The van der Waals surface area contributed by atoms with Crippen LogP contribution in [0.25, 0.3) is 5.13 Å². The minimum atomic E-state index is 0.111. The molecule has 2 fully saturated rings. The molecule has 0 unspecified atom stereocenters. The summed E-state index contributed by atoms with van der Waals surface area (Å²) >= 11 is 1.59. The van der Waals surface area contributed by atoms with Crippen molar-refractivity contribution in [2.75, 3.05) is 49.1 Å². The smallest absolute Gasteiger partial charge is 0.225 e. The molecule has 3 aromatic rings. The number of carbonyl (C=O) groups is 1. The van der Waals surface area contributed by atoms with Crippen LogP contribution in [0.5, 0.6) is 0 Å². The molecule has 2 saturated heterocycles. The van der Waals surface area contributed by atoms with Gasteiger partial charge in [-0.2, -0.15) is 0 Å². The maximum atomic E-state index is 13.0. The SMILES string of the molecule is O=C(C1CCN(c2nnc(-n3cccc3)s2)CC1)N1CCN(c2ccccn2)CC1. The lowest BCUT2D eigenvalue weighted by molar-refractivity contribution is -0.136. The largest absolute Gasteiger partial charge is 0.353 e. The minimum Gasteiger partial charge on any atom is -0.353 e. The van der Waals surface area contributed by atoms with Gasteiger partial charge in [-0.05, 0) is 37.1 Å². The van der Waals surface area contributed by atoms with Gasteiger partial charge in [-0.25, -0.2) is 4.98 Å². The summed E-state index contributed by atoms with van der Waals surface area (Å²) in [6, 6.07) is 9.93. The molecule has 0 N–H and O–H groups in total. The molecule has 0 saturated carbocycles. The summed E-state index contributed by atoms with van der Waals surface area (Å²) in [5.74, 6) is 1.41. The van der Waals surface area contributed by atoms with E-state index >= 15 is 0 Å². The molecule has 5 rings (SSSR count). The summed E-state index contributed by atoms with van der Waals surface area (Å²) in [7, 11) is 0. The zero-order chi connectivity index (χ0) is 20.3. The molecule has 2 aliphatic heterocycles. The number of pyridine rings is 1. The molecule has 1 amide bonds. The van der Waals surface area contributed by atoms with Gasteiger partial charge in [-0.3, -0.25) is 9.36 Å². The van der Waals surface area contributed by atoms with Crippen LogP contribution in [0.1, 0.15) is 12.8 Å². The Morgan fingerprint density at radius 1 is 0.867 bits per heavy atom. The minimum absolute atomic E-state index is 0.111. The third-order valence-corrected chi connectivity index (χ3v) is 6.91. The van der Waals surface area contributed by atoms with Gasteiger partial charge in [0, 0.05) is 63.8 Å². The predicted octanol–water partition coefficient (Wildman–Crippen LogP) is 2.29. The highest BCUT2D eigenvalue weighted by Crippen LogP contribution is 2.28. The van der Waals surface area contributed by atoms with E-state index in [1.54, 1.807) is 11.3 Å². The number of amides is 1. The highest BCUT2D eigenvalue weighted by molar-refractivity contribution is 7.17. The average molecular weight is 424 g/mol. The molecule has 0 radical (unpaired) electrons. The van der Waals surface area contributed by atoms with E-state index in [1.165, 1.54) is 0 Å². The number of rotatable bonds is 4. The van der Waals surface area contributed by atoms with Gasteiger partial charge in [0.1, 0.15) is 5.82 Å². The molecule has 9 heteroatoms. The van der Waals surface area contributed by atoms with Crippen molar-refractivity contribution in [2.24, 2.45) is 5.92 Å². The number of aromatic nitrogens is 4. The van der Waals surface area contributed by atoms with Gasteiger partial charge in [-0.15, -0.1) is 10.2 Å². The number of hydrogen-bond donors (Lipinski definition) is 0. The van der Waals surface area contributed by atoms with E-state index in [0.29, 0.717) is 5.91 Å². The van der Waals surface area contributed by atoms with Crippen LogP contribution in [0, 0.1) is 5.92 Å². The third-order valence-electron chi connectivity index (χ3n) is 5.91. The molecule has 156 valence electrons. The number of carbonyl (C=O) groups excluding carboxylic acids is 1. The van der Waals surface area contributed by atoms with Crippen LogP contribution in [-0.2, 0) is 4.79 Å². The molecule has 0 aliphatic carbocycles. The molecule has 0 bridgehead atoms. The van der Waals surface area contributed by atoms with Gasteiger partial charge >= 0.3 is 0 Å². The zero-order valence-corrected chi connectivity index (χ0v) is 17.6. The van der Waals surface area contributed by atoms with Crippen molar-refractivity contribution in [3.8, 4) is 5.13 Å². The van der Waals surface area contributed by atoms with Crippen molar-refractivity contribution >= 4 is 28.2 Å². The summed E-state index contributed by atoms with van der Waals surface area (Å²) in [6.45, 7) is 4.93. The van der Waals surface area contributed by atoms with Gasteiger partial charge < -0.3 is 14.7 Å². The Morgan fingerprint density at radius 3 is 2.30 bits per heavy atom. The predicted molar refractivity (Wildman–Crippen MR) is 117 cm³/mol. The number of nitrogens with zero attached hydrogens (tertiary/aromatic N) is 7. The van der Waals surface area contributed by atoms with Crippen LogP contribution in [0.4, 0.5) is 10.9 Å². The molecule has 3 aromatic heterocycles. The summed E-state index contributed by atoms with van der Waals surface area (Å²) < 4.78 is 1.97. The molecular weight excluding hydrogens is 398 g/mol. The number of anilines is 2. The third kappa shape index (κ3) is 3.89. The zero-order valence-electron chi connectivity index (χ0n) is 16.8. The Hall–Kier alpha value is -2.94. The normalized spacial score (nSPS) is 18.1. The first-order valence-electron chi connectivity index (χ1n) is 10.4.